The molecule has 0 atom stereocenters. The minimum absolute atomic E-state index is 0. The van der Waals surface area contributed by atoms with Crippen LogP contribution in [-0.4, -0.2) is 59.9 Å². The molecule has 1 amide bonds. The molecule has 0 radical (unpaired) electrons. The van der Waals surface area contributed by atoms with Crippen LogP contribution in [0.5, 0.6) is 0 Å². The van der Waals surface area contributed by atoms with Gasteiger partial charge in [0, 0.05) is 30.7 Å². The lowest BCUT2D eigenvalue weighted by Gasteiger charge is -2.32. The van der Waals surface area contributed by atoms with E-state index in [4.69, 9.17) is 10.5 Å². The Balaban J connectivity index is 0.00000288. The second-order valence-corrected chi connectivity index (χ2v) is 6.89. The third-order valence-electron chi connectivity index (χ3n) is 3.87. The monoisotopic (exact) mass is 376 g/mol. The molecule has 0 aromatic carbocycles. The Kier molecular flexibility index (Phi) is 8.44. The highest BCUT2D eigenvalue weighted by Crippen LogP contribution is 2.19. The van der Waals surface area contributed by atoms with Crippen LogP contribution in [0.25, 0.3) is 0 Å². The Hall–Kier alpha value is -1.38. The van der Waals surface area contributed by atoms with Crippen LogP contribution >= 0.6 is 23.7 Å². The van der Waals surface area contributed by atoms with Gasteiger partial charge in [0.05, 0.1) is 19.1 Å². The average molecular weight is 377 g/mol. The molecule has 1 aliphatic rings. The third kappa shape index (κ3) is 5.92. The number of rotatable bonds is 6. The van der Waals surface area contributed by atoms with Gasteiger partial charge in [0.25, 0.3) is 0 Å². The van der Waals surface area contributed by atoms with Crippen molar-refractivity contribution in [2.45, 2.75) is 26.3 Å². The summed E-state index contributed by atoms with van der Waals surface area (Å²) in [5.74, 6) is -0.122. The molecule has 2 N–H and O–H groups in total. The molecule has 0 spiro atoms. The summed E-state index contributed by atoms with van der Waals surface area (Å²) in [5, 5.41) is 0.542. The lowest BCUT2D eigenvalue weighted by molar-refractivity contribution is -0.151. The molecule has 9 heteroatoms. The highest BCUT2D eigenvalue weighted by Gasteiger charge is 2.28. The van der Waals surface area contributed by atoms with Gasteiger partial charge in [-0.15, -0.1) is 23.7 Å². The molecule has 0 aliphatic carbocycles. The number of carbonyl (C=O) groups excluding carboxylic acids is 2. The summed E-state index contributed by atoms with van der Waals surface area (Å²) in [5.41, 5.74) is 5.61. The van der Waals surface area contributed by atoms with Crippen LogP contribution in [0.4, 0.5) is 5.13 Å². The molecule has 0 unspecified atom stereocenters. The number of nitrogens with two attached hydrogens (primary N) is 1. The van der Waals surface area contributed by atoms with Gasteiger partial charge in [0.2, 0.25) is 5.91 Å². The molecule has 7 nitrogen and oxygen atoms in total. The number of aromatic nitrogens is 1. The van der Waals surface area contributed by atoms with Crippen molar-refractivity contribution in [1.29, 1.82) is 0 Å². The normalized spacial score (nSPS) is 15.2. The minimum Gasteiger partial charge on any atom is -0.466 e. The van der Waals surface area contributed by atoms with E-state index >= 15 is 0 Å². The molecule has 1 aromatic rings. The van der Waals surface area contributed by atoms with E-state index in [2.05, 4.69) is 4.98 Å². The number of likely N-dealkylation sites (N-methyl/N-ethyl adjacent to an activating group) is 1. The van der Waals surface area contributed by atoms with E-state index < -0.39 is 0 Å². The molecule has 1 fully saturated rings. The van der Waals surface area contributed by atoms with E-state index in [1.165, 1.54) is 11.3 Å². The molecule has 0 bridgehead atoms. The SMILES string of the molecule is CCOC(=O)C1CCN(C(=O)CN(C)Cc2cnc(N)s2)CC1.Cl. The zero-order valence-corrected chi connectivity index (χ0v) is 15.7. The van der Waals surface area contributed by atoms with Crippen LogP contribution in [0.3, 0.4) is 0 Å². The summed E-state index contributed by atoms with van der Waals surface area (Å²) in [6, 6.07) is 0. The number of hydrogen-bond donors (Lipinski definition) is 1. The first kappa shape index (κ1) is 20.7. The van der Waals surface area contributed by atoms with E-state index in [1.54, 1.807) is 6.20 Å². The summed E-state index contributed by atoms with van der Waals surface area (Å²) in [7, 11) is 1.90. The number of piperidine rings is 1. The van der Waals surface area contributed by atoms with E-state index in [9.17, 15) is 9.59 Å². The Morgan fingerprint density at radius 3 is 2.67 bits per heavy atom. The van der Waals surface area contributed by atoms with Crippen molar-refractivity contribution in [3.63, 3.8) is 0 Å². The second-order valence-electron chi connectivity index (χ2n) is 5.74. The topological polar surface area (TPSA) is 88.8 Å². The van der Waals surface area contributed by atoms with E-state index in [1.807, 2.05) is 23.8 Å². The number of nitrogens with zero attached hydrogens (tertiary/aromatic N) is 3. The van der Waals surface area contributed by atoms with Gasteiger partial charge in [-0.25, -0.2) is 4.98 Å². The third-order valence-corrected chi connectivity index (χ3v) is 4.68. The van der Waals surface area contributed by atoms with E-state index in [-0.39, 0.29) is 30.2 Å². The van der Waals surface area contributed by atoms with Crippen LogP contribution in [0.1, 0.15) is 24.6 Å². The fourth-order valence-corrected chi connectivity index (χ4v) is 3.44. The first-order chi connectivity index (χ1) is 11.0. The summed E-state index contributed by atoms with van der Waals surface area (Å²) in [4.78, 5) is 32.9. The molecule has 1 saturated heterocycles. The van der Waals surface area contributed by atoms with Crippen LogP contribution in [0, 0.1) is 5.92 Å². The maximum absolute atomic E-state index is 12.3. The highest BCUT2D eigenvalue weighted by atomic mass is 35.5. The highest BCUT2D eigenvalue weighted by molar-refractivity contribution is 7.15. The van der Waals surface area contributed by atoms with Gasteiger partial charge in [-0.1, -0.05) is 0 Å². The smallest absolute Gasteiger partial charge is 0.309 e. The van der Waals surface area contributed by atoms with Crippen LogP contribution in [-0.2, 0) is 20.9 Å². The van der Waals surface area contributed by atoms with Gasteiger partial charge in [-0.2, -0.15) is 0 Å². The number of likely N-dealkylation sites (tertiary alicyclic amines) is 1. The van der Waals surface area contributed by atoms with Crippen LogP contribution in [0.15, 0.2) is 6.20 Å². The van der Waals surface area contributed by atoms with Crippen LogP contribution < -0.4 is 5.73 Å². The number of amides is 1. The Morgan fingerprint density at radius 1 is 1.46 bits per heavy atom. The summed E-state index contributed by atoms with van der Waals surface area (Å²) < 4.78 is 5.04. The molecule has 24 heavy (non-hydrogen) atoms. The average Bonchev–Trinajstić information content (AvgIpc) is 2.92. The fraction of sp³-hybridized carbons (Fsp3) is 0.667. The van der Waals surface area contributed by atoms with E-state index in [0.29, 0.717) is 50.8 Å². The van der Waals surface area contributed by atoms with Gasteiger partial charge < -0.3 is 15.4 Å². The number of nitrogen functional groups attached to an aromatic ring is 1. The van der Waals surface area contributed by atoms with Crippen molar-refractivity contribution in [2.24, 2.45) is 5.92 Å². The lowest BCUT2D eigenvalue weighted by atomic mass is 9.97. The fourth-order valence-electron chi connectivity index (χ4n) is 2.67. The Labute approximate surface area is 152 Å². The maximum Gasteiger partial charge on any atom is 0.309 e. The molecule has 2 heterocycles. The first-order valence-electron chi connectivity index (χ1n) is 7.82. The Morgan fingerprint density at radius 2 is 2.12 bits per heavy atom. The number of esters is 1. The summed E-state index contributed by atoms with van der Waals surface area (Å²) >= 11 is 1.44. The van der Waals surface area contributed by atoms with Gasteiger partial charge in [0.1, 0.15) is 0 Å². The maximum atomic E-state index is 12.3. The predicted octanol–water partition coefficient (Wildman–Crippen LogP) is 1.38. The lowest BCUT2D eigenvalue weighted by Crippen LogP contribution is -2.44. The zero-order valence-electron chi connectivity index (χ0n) is 14.1. The number of thiazole rings is 1. The summed E-state index contributed by atoms with van der Waals surface area (Å²) in [6.07, 6.45) is 3.10. The van der Waals surface area contributed by atoms with Gasteiger partial charge in [0.15, 0.2) is 5.13 Å². The van der Waals surface area contributed by atoms with Gasteiger partial charge in [-0.3, -0.25) is 14.5 Å². The van der Waals surface area contributed by atoms with Crippen molar-refractivity contribution in [2.75, 3.05) is 39.0 Å². The van der Waals surface area contributed by atoms with Crippen molar-refractivity contribution < 1.29 is 14.3 Å². The minimum atomic E-state index is -0.139. The molecule has 1 aromatic heterocycles. The van der Waals surface area contributed by atoms with E-state index in [0.717, 1.165) is 4.88 Å². The van der Waals surface area contributed by atoms with Crippen LogP contribution in [0.2, 0.25) is 0 Å². The van der Waals surface area contributed by atoms with Crippen molar-refractivity contribution in [1.82, 2.24) is 14.8 Å². The molecule has 2 rings (SSSR count). The van der Waals surface area contributed by atoms with Gasteiger partial charge in [-0.05, 0) is 26.8 Å². The first-order valence-corrected chi connectivity index (χ1v) is 8.64. The van der Waals surface area contributed by atoms with Crippen molar-refractivity contribution in [3.05, 3.63) is 11.1 Å². The molecular formula is C15H25ClN4O3S. The number of anilines is 1. The van der Waals surface area contributed by atoms with Crippen molar-refractivity contribution in [3.8, 4) is 0 Å². The zero-order chi connectivity index (χ0) is 16.8. The molecule has 1 aliphatic heterocycles. The van der Waals surface area contributed by atoms with Gasteiger partial charge >= 0.3 is 5.97 Å². The number of halogens is 1. The number of ether oxygens (including phenoxy) is 1. The standard InChI is InChI=1S/C15H24N4O3S.ClH/c1-3-22-14(21)11-4-6-19(7-5-11)13(20)10-18(2)9-12-8-17-15(16)23-12;/h8,11H,3-7,9-10H2,1-2H3,(H2,16,17);1H. The quantitative estimate of drug-likeness (QED) is 0.754. The van der Waals surface area contributed by atoms with Crippen molar-refractivity contribution >= 4 is 40.8 Å². The largest absolute Gasteiger partial charge is 0.466 e. The number of hydrogen-bond acceptors (Lipinski definition) is 7. The molecule has 0 saturated carbocycles. The Bertz CT molecular complexity index is 547. The number of carbonyl (C=O) groups is 2. The summed E-state index contributed by atoms with van der Waals surface area (Å²) in [6.45, 7) is 4.45. The molecule has 136 valence electrons. The molecular weight excluding hydrogens is 352 g/mol. The second kappa shape index (κ2) is 9.80. The predicted molar refractivity (Wildman–Crippen MR) is 96.0 cm³/mol.